The first-order valence-corrected chi connectivity index (χ1v) is 9.02. The Balaban J connectivity index is 1.83. The molecule has 1 aromatic heterocycles. The molecule has 0 saturated carbocycles. The Morgan fingerprint density at radius 1 is 1.11 bits per heavy atom. The average Bonchev–Trinajstić information content (AvgIpc) is 3.15. The highest BCUT2D eigenvalue weighted by Gasteiger charge is 2.23. The van der Waals surface area contributed by atoms with Crippen molar-refractivity contribution in [2.24, 2.45) is 5.10 Å². The number of hydrogen-bond acceptors (Lipinski definition) is 4. The predicted molar refractivity (Wildman–Crippen MR) is 110 cm³/mol. The third kappa shape index (κ3) is 4.46. The summed E-state index contributed by atoms with van der Waals surface area (Å²) in [5.74, 6) is 0.444. The summed E-state index contributed by atoms with van der Waals surface area (Å²) >= 11 is 0. The van der Waals surface area contributed by atoms with E-state index in [0.29, 0.717) is 5.69 Å². The zero-order valence-electron chi connectivity index (χ0n) is 16.5. The largest absolute Gasteiger partial charge is 0.497 e. The monoisotopic (exact) mass is 376 g/mol. The first-order chi connectivity index (χ1) is 13.4. The van der Waals surface area contributed by atoms with Crippen LogP contribution < -0.4 is 10.2 Å². The summed E-state index contributed by atoms with van der Waals surface area (Å²) in [4.78, 5) is 12.8. The van der Waals surface area contributed by atoms with Crippen LogP contribution in [0.2, 0.25) is 0 Å². The number of aromatic nitrogens is 2. The molecule has 0 aliphatic rings. The molecule has 0 aliphatic carbocycles. The molecule has 1 N–H and O–H groups in total. The second kappa shape index (κ2) is 8.08. The SMILES string of the molecule is COc1ccc(/C=N\NC(=O)c2cc(C(C)(C)C)nn2-c2ccccc2)cc1. The minimum Gasteiger partial charge on any atom is -0.497 e. The Hall–Kier alpha value is -3.41. The van der Waals surface area contributed by atoms with Crippen molar-refractivity contribution in [3.63, 3.8) is 0 Å². The molecule has 0 bridgehead atoms. The Kier molecular flexibility index (Phi) is 5.59. The molecule has 0 unspecified atom stereocenters. The molecular weight excluding hydrogens is 352 g/mol. The lowest BCUT2D eigenvalue weighted by molar-refractivity contribution is 0.0947. The van der Waals surface area contributed by atoms with Crippen LogP contribution >= 0.6 is 0 Å². The van der Waals surface area contributed by atoms with Crippen molar-refractivity contribution in [2.45, 2.75) is 26.2 Å². The van der Waals surface area contributed by atoms with Crippen molar-refractivity contribution < 1.29 is 9.53 Å². The van der Waals surface area contributed by atoms with Gasteiger partial charge in [0.05, 0.1) is 24.7 Å². The molecule has 1 amide bonds. The van der Waals surface area contributed by atoms with Gasteiger partial charge in [0.1, 0.15) is 11.4 Å². The number of methoxy groups -OCH3 is 1. The molecule has 144 valence electrons. The van der Waals surface area contributed by atoms with Gasteiger partial charge >= 0.3 is 0 Å². The highest BCUT2D eigenvalue weighted by molar-refractivity contribution is 5.94. The minimum absolute atomic E-state index is 0.179. The normalized spacial score (nSPS) is 11.6. The van der Waals surface area contributed by atoms with Crippen molar-refractivity contribution in [2.75, 3.05) is 7.11 Å². The molecule has 6 nitrogen and oxygen atoms in total. The molecule has 3 aromatic rings. The van der Waals surface area contributed by atoms with E-state index in [1.807, 2.05) is 60.7 Å². The quantitative estimate of drug-likeness (QED) is 0.542. The van der Waals surface area contributed by atoms with E-state index in [1.54, 1.807) is 18.0 Å². The topological polar surface area (TPSA) is 68.5 Å². The van der Waals surface area contributed by atoms with E-state index in [4.69, 9.17) is 4.74 Å². The van der Waals surface area contributed by atoms with Gasteiger partial charge in [0.15, 0.2) is 0 Å². The van der Waals surface area contributed by atoms with Crippen LogP contribution in [0.5, 0.6) is 5.75 Å². The fourth-order valence-electron chi connectivity index (χ4n) is 2.59. The van der Waals surface area contributed by atoms with Gasteiger partial charge in [-0.1, -0.05) is 39.0 Å². The molecular formula is C22H24N4O2. The second-order valence-electron chi connectivity index (χ2n) is 7.38. The fraction of sp³-hybridized carbons (Fsp3) is 0.227. The van der Waals surface area contributed by atoms with Crippen LogP contribution in [0.1, 0.15) is 42.5 Å². The number of carbonyl (C=O) groups is 1. The van der Waals surface area contributed by atoms with Gasteiger partial charge in [-0.3, -0.25) is 4.79 Å². The number of amides is 1. The summed E-state index contributed by atoms with van der Waals surface area (Å²) in [5.41, 5.74) is 5.35. The lowest BCUT2D eigenvalue weighted by Crippen LogP contribution is -2.21. The standard InChI is InChI=1S/C22H24N4O2/c1-22(2,3)20-14-19(26(25-20)17-8-6-5-7-9-17)21(27)24-23-15-16-10-12-18(28-4)13-11-16/h5-15H,1-4H3,(H,24,27)/b23-15-. The van der Waals surface area contributed by atoms with Crippen molar-refractivity contribution >= 4 is 12.1 Å². The van der Waals surface area contributed by atoms with Gasteiger partial charge in [0.2, 0.25) is 0 Å². The number of hydrogen-bond donors (Lipinski definition) is 1. The number of hydrazone groups is 1. The Bertz CT molecular complexity index is 968. The number of benzene rings is 2. The third-order valence-corrected chi connectivity index (χ3v) is 4.21. The Morgan fingerprint density at radius 2 is 1.79 bits per heavy atom. The molecule has 0 fully saturated rings. The number of nitrogens with one attached hydrogen (secondary N) is 1. The molecule has 1 heterocycles. The number of ether oxygens (including phenoxy) is 1. The molecule has 0 saturated heterocycles. The number of nitrogens with zero attached hydrogens (tertiary/aromatic N) is 3. The van der Waals surface area contributed by atoms with Gasteiger partial charge in [0.25, 0.3) is 5.91 Å². The second-order valence-corrected chi connectivity index (χ2v) is 7.38. The highest BCUT2D eigenvalue weighted by Crippen LogP contribution is 2.23. The molecule has 6 heteroatoms. The summed E-state index contributed by atoms with van der Waals surface area (Å²) in [7, 11) is 1.62. The average molecular weight is 376 g/mol. The summed E-state index contributed by atoms with van der Waals surface area (Å²) in [6.45, 7) is 6.19. The van der Waals surface area contributed by atoms with Crippen LogP contribution in [-0.2, 0) is 5.41 Å². The molecule has 28 heavy (non-hydrogen) atoms. The van der Waals surface area contributed by atoms with Gasteiger partial charge in [-0.15, -0.1) is 0 Å². The van der Waals surface area contributed by atoms with E-state index in [2.05, 4.69) is 36.4 Å². The summed E-state index contributed by atoms with van der Waals surface area (Å²) < 4.78 is 6.78. The van der Waals surface area contributed by atoms with Gasteiger partial charge < -0.3 is 4.74 Å². The number of rotatable bonds is 5. The lowest BCUT2D eigenvalue weighted by Gasteiger charge is -2.14. The van der Waals surface area contributed by atoms with E-state index < -0.39 is 0 Å². The van der Waals surface area contributed by atoms with Crippen molar-refractivity contribution in [1.29, 1.82) is 0 Å². The third-order valence-electron chi connectivity index (χ3n) is 4.21. The number of para-hydroxylation sites is 1. The summed E-state index contributed by atoms with van der Waals surface area (Å²) in [6, 6.07) is 18.8. The van der Waals surface area contributed by atoms with Crippen LogP contribution in [0.25, 0.3) is 5.69 Å². The summed E-state index contributed by atoms with van der Waals surface area (Å²) in [5, 5.41) is 8.72. The van der Waals surface area contributed by atoms with Crippen molar-refractivity contribution in [1.82, 2.24) is 15.2 Å². The molecule has 0 radical (unpaired) electrons. The van der Waals surface area contributed by atoms with Crippen LogP contribution in [0.3, 0.4) is 0 Å². The summed E-state index contributed by atoms with van der Waals surface area (Å²) in [6.07, 6.45) is 1.59. The van der Waals surface area contributed by atoms with Crippen LogP contribution in [0.15, 0.2) is 65.8 Å². The van der Waals surface area contributed by atoms with Crippen LogP contribution in [0, 0.1) is 0 Å². The van der Waals surface area contributed by atoms with E-state index in [9.17, 15) is 4.79 Å². The van der Waals surface area contributed by atoms with Gasteiger partial charge in [0, 0.05) is 5.41 Å². The Morgan fingerprint density at radius 3 is 2.39 bits per heavy atom. The van der Waals surface area contributed by atoms with E-state index in [0.717, 1.165) is 22.7 Å². The fourth-order valence-corrected chi connectivity index (χ4v) is 2.59. The first kappa shape index (κ1) is 19.4. The highest BCUT2D eigenvalue weighted by atomic mass is 16.5. The minimum atomic E-state index is -0.323. The lowest BCUT2D eigenvalue weighted by atomic mass is 9.92. The van der Waals surface area contributed by atoms with E-state index >= 15 is 0 Å². The van der Waals surface area contributed by atoms with Gasteiger partial charge in [-0.05, 0) is 48.0 Å². The predicted octanol–water partition coefficient (Wildman–Crippen LogP) is 3.94. The van der Waals surface area contributed by atoms with E-state index in [-0.39, 0.29) is 11.3 Å². The molecule has 0 atom stereocenters. The Labute approximate surface area is 164 Å². The van der Waals surface area contributed by atoms with Crippen molar-refractivity contribution in [3.8, 4) is 11.4 Å². The maximum absolute atomic E-state index is 12.8. The van der Waals surface area contributed by atoms with Crippen molar-refractivity contribution in [3.05, 3.63) is 77.6 Å². The maximum Gasteiger partial charge on any atom is 0.290 e. The maximum atomic E-state index is 12.8. The van der Waals surface area contributed by atoms with Gasteiger partial charge in [-0.2, -0.15) is 10.2 Å². The molecule has 0 spiro atoms. The molecule has 0 aliphatic heterocycles. The van der Waals surface area contributed by atoms with E-state index in [1.165, 1.54) is 0 Å². The van der Waals surface area contributed by atoms with Gasteiger partial charge in [-0.25, -0.2) is 10.1 Å². The van der Waals surface area contributed by atoms with Crippen LogP contribution in [-0.4, -0.2) is 29.0 Å². The molecule has 3 rings (SSSR count). The number of carbonyl (C=O) groups excluding carboxylic acids is 1. The first-order valence-electron chi connectivity index (χ1n) is 9.02. The zero-order valence-corrected chi connectivity index (χ0v) is 16.5. The zero-order chi connectivity index (χ0) is 20.1. The van der Waals surface area contributed by atoms with Crippen LogP contribution in [0.4, 0.5) is 0 Å². The molecule has 2 aromatic carbocycles. The smallest absolute Gasteiger partial charge is 0.290 e.